The number of hydrogen-bond donors (Lipinski definition) is 3. The van der Waals surface area contributed by atoms with Crippen molar-refractivity contribution in [2.45, 2.75) is 77.9 Å². The van der Waals surface area contributed by atoms with E-state index in [1.165, 1.54) is 5.57 Å². The molecule has 42 heavy (non-hydrogen) atoms. The number of nitrogens with zero attached hydrogens (tertiary/aromatic N) is 4. The van der Waals surface area contributed by atoms with E-state index in [9.17, 15) is 9.59 Å². The standard InChI is InChI=1S/C26H26N6O.C5H11NO.C2H6/c27-23-11-6-8-20-7-2-1-3-12-24(20)32(26(23)33)17-18-13-15-19(16-14-18)21-9-4-5-10-22(21)25-28-30-31-29-25;1-5(2,6)3-4-7;1-2/h1-5,7,9-10,13-16,23H,6,8,11-12,17,27H2,(H,28,29,30,31);4H,3,6H2,1-2H3;1-2H3. The van der Waals surface area contributed by atoms with Crippen LogP contribution in [0.15, 0.2) is 84.1 Å². The number of H-pyrrole nitrogens is 1. The van der Waals surface area contributed by atoms with Crippen molar-refractivity contribution in [3.63, 3.8) is 0 Å². The zero-order valence-corrected chi connectivity index (χ0v) is 25.1. The molecule has 2 heterocycles. The summed E-state index contributed by atoms with van der Waals surface area (Å²) < 4.78 is 0. The fourth-order valence-electron chi connectivity index (χ4n) is 4.70. The van der Waals surface area contributed by atoms with Crippen LogP contribution in [-0.4, -0.2) is 49.3 Å². The summed E-state index contributed by atoms with van der Waals surface area (Å²) in [5.74, 6) is 0.557. The quantitative estimate of drug-likeness (QED) is 0.333. The number of amides is 1. The molecule has 1 unspecified atom stereocenters. The van der Waals surface area contributed by atoms with Crippen LogP contribution in [0.3, 0.4) is 0 Å². The molecule has 9 nitrogen and oxygen atoms in total. The van der Waals surface area contributed by atoms with E-state index in [0.29, 0.717) is 25.2 Å². The Morgan fingerprint density at radius 2 is 1.79 bits per heavy atom. The second-order valence-electron chi connectivity index (χ2n) is 10.7. The normalized spacial score (nSPS) is 16.7. The molecule has 3 aromatic rings. The van der Waals surface area contributed by atoms with Crippen LogP contribution in [0.5, 0.6) is 0 Å². The summed E-state index contributed by atoms with van der Waals surface area (Å²) in [6.07, 6.45) is 12.9. The summed E-state index contributed by atoms with van der Waals surface area (Å²) in [6, 6.07) is 15.8. The summed E-state index contributed by atoms with van der Waals surface area (Å²) in [6.45, 7) is 8.14. The minimum atomic E-state index is -0.462. The van der Waals surface area contributed by atoms with E-state index in [1.807, 2.05) is 62.9 Å². The number of carbonyl (C=O) groups excluding carboxylic acids is 2. The number of benzene rings is 2. The molecule has 0 bridgehead atoms. The summed E-state index contributed by atoms with van der Waals surface area (Å²) in [4.78, 5) is 24.9. The van der Waals surface area contributed by atoms with Crippen molar-refractivity contribution in [1.82, 2.24) is 25.5 Å². The highest BCUT2D eigenvalue weighted by molar-refractivity contribution is 5.84. The van der Waals surface area contributed by atoms with Crippen LogP contribution in [0.25, 0.3) is 22.5 Å². The van der Waals surface area contributed by atoms with E-state index in [1.54, 1.807) is 0 Å². The molecule has 1 aliphatic heterocycles. The van der Waals surface area contributed by atoms with E-state index < -0.39 is 6.04 Å². The van der Waals surface area contributed by atoms with Crippen molar-refractivity contribution in [3.8, 4) is 22.5 Å². The number of rotatable bonds is 6. The number of allylic oxidation sites excluding steroid dienone is 5. The Balaban J connectivity index is 0.000000474. The van der Waals surface area contributed by atoms with Gasteiger partial charge in [-0.3, -0.25) is 4.79 Å². The minimum absolute atomic E-state index is 0.00238. The Kier molecular flexibility index (Phi) is 12.1. The van der Waals surface area contributed by atoms with Crippen LogP contribution in [0.2, 0.25) is 0 Å². The first-order valence-electron chi connectivity index (χ1n) is 14.5. The van der Waals surface area contributed by atoms with E-state index >= 15 is 0 Å². The van der Waals surface area contributed by atoms with Crippen LogP contribution in [-0.2, 0) is 16.1 Å². The van der Waals surface area contributed by atoms with Crippen molar-refractivity contribution in [2.24, 2.45) is 11.5 Å². The highest BCUT2D eigenvalue weighted by Gasteiger charge is 2.27. The van der Waals surface area contributed by atoms with Crippen LogP contribution in [0, 0.1) is 0 Å². The van der Waals surface area contributed by atoms with Gasteiger partial charge in [-0.25, -0.2) is 0 Å². The third kappa shape index (κ3) is 8.89. The second kappa shape index (κ2) is 15.7. The Labute approximate surface area is 248 Å². The van der Waals surface area contributed by atoms with Crippen LogP contribution in [0.4, 0.5) is 0 Å². The van der Waals surface area contributed by atoms with Crippen molar-refractivity contribution in [3.05, 3.63) is 89.7 Å². The Hall–Kier alpha value is -4.21. The van der Waals surface area contributed by atoms with Crippen molar-refractivity contribution >= 4 is 12.2 Å². The Morgan fingerprint density at radius 3 is 2.40 bits per heavy atom. The van der Waals surface area contributed by atoms with Gasteiger partial charge in [-0.05, 0) is 60.6 Å². The number of hydrogen-bond acceptors (Lipinski definition) is 7. The number of aromatic nitrogens is 4. The fraction of sp³-hybridized carbons (Fsp3) is 0.364. The molecule has 222 valence electrons. The molecular weight excluding hydrogens is 526 g/mol. The molecule has 1 atom stereocenters. The summed E-state index contributed by atoms with van der Waals surface area (Å²) in [5, 5.41) is 14.4. The van der Waals surface area contributed by atoms with Gasteiger partial charge in [-0.1, -0.05) is 86.7 Å². The van der Waals surface area contributed by atoms with Crippen molar-refractivity contribution in [1.29, 1.82) is 0 Å². The van der Waals surface area contributed by atoms with Crippen LogP contribution >= 0.6 is 0 Å². The van der Waals surface area contributed by atoms with E-state index in [-0.39, 0.29) is 11.4 Å². The van der Waals surface area contributed by atoms with E-state index in [4.69, 9.17) is 11.5 Å². The molecule has 1 amide bonds. The van der Waals surface area contributed by atoms with Gasteiger partial charge in [0.2, 0.25) is 11.7 Å². The van der Waals surface area contributed by atoms with Gasteiger partial charge in [0.25, 0.3) is 0 Å². The van der Waals surface area contributed by atoms with Crippen molar-refractivity contribution in [2.75, 3.05) is 0 Å². The van der Waals surface area contributed by atoms with Gasteiger partial charge in [0.1, 0.15) is 6.29 Å². The number of nitrogens with two attached hydrogens (primary N) is 2. The van der Waals surface area contributed by atoms with Gasteiger partial charge >= 0.3 is 0 Å². The average Bonchev–Trinajstić information content (AvgIpc) is 3.43. The van der Waals surface area contributed by atoms with Gasteiger partial charge < -0.3 is 21.2 Å². The van der Waals surface area contributed by atoms with Crippen molar-refractivity contribution < 1.29 is 9.59 Å². The highest BCUT2D eigenvalue weighted by Crippen LogP contribution is 2.31. The molecule has 1 aliphatic carbocycles. The molecule has 0 spiro atoms. The third-order valence-corrected chi connectivity index (χ3v) is 6.83. The lowest BCUT2D eigenvalue weighted by Gasteiger charge is -2.31. The number of aldehydes is 1. The maximum Gasteiger partial charge on any atom is 0.243 e. The zero-order valence-electron chi connectivity index (χ0n) is 25.1. The minimum Gasteiger partial charge on any atom is -0.325 e. The number of nitrogens with one attached hydrogen (secondary N) is 1. The van der Waals surface area contributed by atoms with Gasteiger partial charge in [0.05, 0.1) is 12.6 Å². The Morgan fingerprint density at radius 1 is 1.07 bits per heavy atom. The molecule has 1 aromatic heterocycles. The Bertz CT molecular complexity index is 1380. The zero-order chi connectivity index (χ0) is 30.5. The predicted octanol–water partition coefficient (Wildman–Crippen LogP) is 5.48. The van der Waals surface area contributed by atoms with Gasteiger partial charge in [0.15, 0.2) is 0 Å². The number of tetrazole rings is 1. The van der Waals surface area contributed by atoms with Crippen LogP contribution in [0.1, 0.15) is 65.4 Å². The first-order chi connectivity index (χ1) is 20.3. The summed E-state index contributed by atoms with van der Waals surface area (Å²) in [7, 11) is 0. The third-order valence-electron chi connectivity index (χ3n) is 6.83. The largest absolute Gasteiger partial charge is 0.325 e. The highest BCUT2D eigenvalue weighted by atomic mass is 16.2. The topological polar surface area (TPSA) is 144 Å². The number of aromatic amines is 1. The van der Waals surface area contributed by atoms with Crippen LogP contribution < -0.4 is 11.5 Å². The maximum atomic E-state index is 13.2. The maximum absolute atomic E-state index is 13.2. The lowest BCUT2D eigenvalue weighted by atomic mass is 9.96. The SMILES string of the molecule is CC.CC(C)(N)CC=O.NC1CCCC2=C(CC=CC=C2)N(Cc2ccc(-c3ccccc3-c3nn[nH]n3)cc2)C1=O. The summed E-state index contributed by atoms with van der Waals surface area (Å²) >= 11 is 0. The predicted molar refractivity (Wildman–Crippen MR) is 168 cm³/mol. The van der Waals surface area contributed by atoms with Gasteiger partial charge in [0, 0.05) is 29.6 Å². The molecule has 5 N–H and O–H groups in total. The summed E-state index contributed by atoms with van der Waals surface area (Å²) in [5.41, 5.74) is 17.7. The lowest BCUT2D eigenvalue weighted by molar-refractivity contribution is -0.131. The first kappa shape index (κ1) is 32.3. The van der Waals surface area contributed by atoms with E-state index in [2.05, 4.69) is 63.1 Å². The second-order valence-corrected chi connectivity index (χ2v) is 10.7. The fourth-order valence-corrected chi connectivity index (χ4v) is 4.70. The lowest BCUT2D eigenvalue weighted by Crippen LogP contribution is -2.44. The number of carbonyl (C=O) groups is 2. The van der Waals surface area contributed by atoms with Gasteiger partial charge in [-0.2, -0.15) is 5.21 Å². The molecule has 0 saturated carbocycles. The molecule has 0 radical (unpaired) electrons. The molecule has 0 fully saturated rings. The molecular formula is C33H43N7O2. The molecule has 0 saturated heterocycles. The van der Waals surface area contributed by atoms with Gasteiger partial charge in [-0.15, -0.1) is 10.2 Å². The first-order valence-corrected chi connectivity index (χ1v) is 14.5. The van der Waals surface area contributed by atoms with E-state index in [0.717, 1.165) is 53.5 Å². The molecule has 9 heteroatoms. The molecule has 2 aliphatic rings. The monoisotopic (exact) mass is 569 g/mol. The average molecular weight is 570 g/mol. The molecule has 5 rings (SSSR count). The molecule has 2 aromatic carbocycles. The smallest absolute Gasteiger partial charge is 0.243 e.